The van der Waals surface area contributed by atoms with Crippen molar-refractivity contribution in [2.45, 2.75) is 32.6 Å². The predicted octanol–water partition coefficient (Wildman–Crippen LogP) is 2.78. The third-order valence-corrected chi connectivity index (χ3v) is 5.29. The predicted molar refractivity (Wildman–Crippen MR) is 80.5 cm³/mol. The number of hydrogen-bond donors (Lipinski definition) is 2. The summed E-state index contributed by atoms with van der Waals surface area (Å²) in [6, 6.07) is 2.58. The Morgan fingerprint density at radius 1 is 1.35 bits per heavy atom. The van der Waals surface area contributed by atoms with Gasteiger partial charge in [0, 0.05) is 11.0 Å². The Morgan fingerprint density at radius 2 is 1.90 bits per heavy atom. The minimum Gasteiger partial charge on any atom is -0.478 e. The van der Waals surface area contributed by atoms with E-state index in [1.807, 2.05) is 20.8 Å². The summed E-state index contributed by atoms with van der Waals surface area (Å²) in [4.78, 5) is 11.0. The molecule has 0 aliphatic rings. The number of aromatic carboxylic acids is 1. The first kappa shape index (κ1) is 17.1. The highest BCUT2D eigenvalue weighted by Gasteiger charge is 2.23. The van der Waals surface area contributed by atoms with Gasteiger partial charge in [-0.3, -0.25) is 0 Å². The van der Waals surface area contributed by atoms with Crippen LogP contribution in [0.25, 0.3) is 0 Å². The molecule has 1 aromatic carbocycles. The Balaban J connectivity index is 3.27. The lowest BCUT2D eigenvalue weighted by Gasteiger charge is -2.19. The summed E-state index contributed by atoms with van der Waals surface area (Å²) in [6.45, 7) is 7.63. The summed E-state index contributed by atoms with van der Waals surface area (Å²) >= 11 is 3.21. The van der Waals surface area contributed by atoms with Crippen LogP contribution in [0.5, 0.6) is 0 Å². The van der Waals surface area contributed by atoms with Gasteiger partial charge in [0.2, 0.25) is 10.0 Å². The smallest absolute Gasteiger partial charge is 0.335 e. The van der Waals surface area contributed by atoms with E-state index >= 15 is 0 Å². The van der Waals surface area contributed by atoms with Gasteiger partial charge in [-0.2, -0.15) is 0 Å². The van der Waals surface area contributed by atoms with Gasteiger partial charge in [-0.15, -0.1) is 0 Å². The number of halogens is 1. The first-order valence-electron chi connectivity index (χ1n) is 5.97. The molecule has 0 amide bonds. The van der Waals surface area contributed by atoms with Gasteiger partial charge in [-0.25, -0.2) is 17.9 Å². The lowest BCUT2D eigenvalue weighted by Crippen LogP contribution is -2.32. The molecule has 1 rings (SSSR count). The Labute approximate surface area is 127 Å². The highest BCUT2D eigenvalue weighted by molar-refractivity contribution is 9.10. The van der Waals surface area contributed by atoms with Gasteiger partial charge in [0.25, 0.3) is 0 Å². The second kappa shape index (κ2) is 5.83. The lowest BCUT2D eigenvalue weighted by molar-refractivity contribution is 0.0696. The van der Waals surface area contributed by atoms with E-state index in [4.69, 9.17) is 5.11 Å². The number of aryl methyl sites for hydroxylation is 1. The van der Waals surface area contributed by atoms with E-state index in [1.54, 1.807) is 6.92 Å². The summed E-state index contributed by atoms with van der Waals surface area (Å²) in [5.41, 5.74) is 0.293. The number of carboxylic acids is 1. The third kappa shape index (κ3) is 4.29. The topological polar surface area (TPSA) is 83.5 Å². The lowest BCUT2D eigenvalue weighted by atomic mass is 9.98. The Bertz CT molecular complexity index is 633. The second-order valence-electron chi connectivity index (χ2n) is 5.80. The fraction of sp³-hybridized carbons (Fsp3) is 0.462. The van der Waals surface area contributed by atoms with Crippen LogP contribution < -0.4 is 4.72 Å². The number of benzene rings is 1. The van der Waals surface area contributed by atoms with E-state index in [2.05, 4.69) is 20.7 Å². The van der Waals surface area contributed by atoms with Gasteiger partial charge in [-0.1, -0.05) is 20.8 Å². The van der Waals surface area contributed by atoms with Crippen molar-refractivity contribution in [2.75, 3.05) is 6.54 Å². The Hall–Kier alpha value is -0.920. The van der Waals surface area contributed by atoms with Gasteiger partial charge in [0.15, 0.2) is 0 Å². The zero-order chi connectivity index (χ0) is 15.7. The maximum absolute atomic E-state index is 12.3. The molecule has 0 spiro atoms. The maximum Gasteiger partial charge on any atom is 0.335 e. The van der Waals surface area contributed by atoms with Crippen LogP contribution in [0, 0.1) is 12.3 Å². The third-order valence-electron chi connectivity index (χ3n) is 2.55. The van der Waals surface area contributed by atoms with Crippen LogP contribution in [0.3, 0.4) is 0 Å². The van der Waals surface area contributed by atoms with Crippen LogP contribution in [0.4, 0.5) is 0 Å². The quantitative estimate of drug-likeness (QED) is 0.861. The van der Waals surface area contributed by atoms with E-state index < -0.39 is 16.0 Å². The van der Waals surface area contributed by atoms with Crippen LogP contribution in [0.1, 0.15) is 36.7 Å². The molecule has 0 atom stereocenters. The van der Waals surface area contributed by atoms with Crippen LogP contribution in [0.15, 0.2) is 21.5 Å². The standard InChI is InChI=1S/C13H18BrNO4S/c1-8-5-9(12(16)17)6-10(11(8)14)20(18,19)15-7-13(2,3)4/h5-6,15H,7H2,1-4H3,(H,16,17). The summed E-state index contributed by atoms with van der Waals surface area (Å²) in [6.07, 6.45) is 0. The zero-order valence-corrected chi connectivity index (χ0v) is 14.2. The largest absolute Gasteiger partial charge is 0.478 e. The first-order chi connectivity index (χ1) is 8.94. The van der Waals surface area contributed by atoms with Gasteiger partial charge in [-0.05, 0) is 46.0 Å². The van der Waals surface area contributed by atoms with Crippen molar-refractivity contribution in [3.8, 4) is 0 Å². The highest BCUT2D eigenvalue weighted by atomic mass is 79.9. The minimum absolute atomic E-state index is 0.0539. The fourth-order valence-electron chi connectivity index (χ4n) is 1.45. The molecule has 0 fully saturated rings. The number of hydrogen-bond acceptors (Lipinski definition) is 3. The van der Waals surface area contributed by atoms with E-state index in [1.165, 1.54) is 6.07 Å². The minimum atomic E-state index is -3.76. The van der Waals surface area contributed by atoms with Gasteiger partial charge in [0.05, 0.1) is 10.5 Å². The molecular weight excluding hydrogens is 346 g/mol. The number of carboxylic acid groups (broad SMARTS) is 1. The van der Waals surface area contributed by atoms with E-state index in [9.17, 15) is 13.2 Å². The SMILES string of the molecule is Cc1cc(C(=O)O)cc(S(=O)(=O)NCC(C)(C)C)c1Br. The molecule has 0 bridgehead atoms. The molecule has 112 valence electrons. The molecule has 0 saturated carbocycles. The number of nitrogens with one attached hydrogen (secondary N) is 1. The maximum atomic E-state index is 12.3. The van der Waals surface area contributed by atoms with Crippen molar-refractivity contribution in [1.29, 1.82) is 0 Å². The average Bonchev–Trinajstić information content (AvgIpc) is 2.28. The van der Waals surface area contributed by atoms with Crippen LogP contribution in [-0.4, -0.2) is 26.0 Å². The van der Waals surface area contributed by atoms with Crippen molar-refractivity contribution >= 4 is 31.9 Å². The molecule has 0 unspecified atom stereocenters. The molecule has 1 aromatic rings. The van der Waals surface area contributed by atoms with Gasteiger partial charge >= 0.3 is 5.97 Å². The number of rotatable bonds is 4. The second-order valence-corrected chi connectivity index (χ2v) is 8.32. The Kier molecular flexibility index (Phi) is 4.99. The number of carbonyl (C=O) groups is 1. The monoisotopic (exact) mass is 363 g/mol. The van der Waals surface area contributed by atoms with Crippen molar-refractivity contribution in [1.82, 2.24) is 4.72 Å². The fourth-order valence-corrected chi connectivity index (χ4v) is 3.77. The average molecular weight is 364 g/mol. The van der Waals surface area contributed by atoms with Gasteiger partial charge < -0.3 is 5.11 Å². The molecule has 7 heteroatoms. The first-order valence-corrected chi connectivity index (χ1v) is 8.25. The molecule has 5 nitrogen and oxygen atoms in total. The van der Waals surface area contributed by atoms with E-state index in [0.29, 0.717) is 10.0 Å². The van der Waals surface area contributed by atoms with Gasteiger partial charge in [0.1, 0.15) is 0 Å². The molecule has 0 radical (unpaired) electrons. The molecule has 0 aromatic heterocycles. The molecule has 2 N–H and O–H groups in total. The Morgan fingerprint density at radius 3 is 2.35 bits per heavy atom. The van der Waals surface area contributed by atoms with Crippen molar-refractivity contribution in [3.05, 3.63) is 27.7 Å². The summed E-state index contributed by atoms with van der Waals surface area (Å²) in [7, 11) is -3.76. The van der Waals surface area contributed by atoms with Crippen molar-refractivity contribution < 1.29 is 18.3 Å². The summed E-state index contributed by atoms with van der Waals surface area (Å²) in [5.74, 6) is -1.16. The molecular formula is C13H18BrNO4S. The van der Waals surface area contributed by atoms with Crippen LogP contribution >= 0.6 is 15.9 Å². The van der Waals surface area contributed by atoms with Crippen LogP contribution in [-0.2, 0) is 10.0 Å². The normalized spacial score (nSPS) is 12.4. The van der Waals surface area contributed by atoms with E-state index in [-0.39, 0.29) is 22.4 Å². The van der Waals surface area contributed by atoms with Crippen molar-refractivity contribution in [2.24, 2.45) is 5.41 Å². The molecule has 0 aliphatic heterocycles. The van der Waals surface area contributed by atoms with Crippen LogP contribution in [0.2, 0.25) is 0 Å². The molecule has 20 heavy (non-hydrogen) atoms. The zero-order valence-electron chi connectivity index (χ0n) is 11.8. The van der Waals surface area contributed by atoms with Crippen molar-refractivity contribution in [3.63, 3.8) is 0 Å². The summed E-state index contributed by atoms with van der Waals surface area (Å²) < 4.78 is 27.5. The number of sulfonamides is 1. The summed E-state index contributed by atoms with van der Waals surface area (Å²) in [5, 5.41) is 9.02. The molecule has 0 heterocycles. The van der Waals surface area contributed by atoms with E-state index in [0.717, 1.165) is 6.07 Å². The molecule has 0 aliphatic carbocycles. The molecule has 0 saturated heterocycles. The highest BCUT2D eigenvalue weighted by Crippen LogP contribution is 2.27.